The number of pyridine rings is 1. The lowest BCUT2D eigenvalue weighted by Gasteiger charge is -2.39. The van der Waals surface area contributed by atoms with E-state index in [0.717, 1.165) is 0 Å². The lowest BCUT2D eigenvalue weighted by atomic mass is 10.1. The lowest BCUT2D eigenvalue weighted by Crippen LogP contribution is -2.56. The van der Waals surface area contributed by atoms with Gasteiger partial charge in [-0.3, -0.25) is 19.9 Å². The van der Waals surface area contributed by atoms with Gasteiger partial charge in [-0.15, -0.1) is 0 Å². The Morgan fingerprint density at radius 3 is 2.41 bits per heavy atom. The summed E-state index contributed by atoms with van der Waals surface area (Å²) >= 11 is 0. The number of carbonyl (C=O) groups is 1. The van der Waals surface area contributed by atoms with Crippen LogP contribution in [0.3, 0.4) is 0 Å². The second-order valence-electron chi connectivity index (χ2n) is 4.94. The standard InChI is InChI=1S/C15H13N3O4/c19-15(11-5-7-16-8-6-11)17-9-14(10-17)22-13-3-1-12(2-4-13)18(20)21/h1-8,14H,9-10H2. The zero-order valence-corrected chi connectivity index (χ0v) is 11.6. The molecule has 0 bridgehead atoms. The van der Waals surface area contributed by atoms with E-state index >= 15 is 0 Å². The van der Waals surface area contributed by atoms with E-state index in [9.17, 15) is 14.9 Å². The summed E-state index contributed by atoms with van der Waals surface area (Å²) in [6.45, 7) is 0.996. The normalized spacial score (nSPS) is 14.3. The molecule has 0 N–H and O–H groups in total. The van der Waals surface area contributed by atoms with Crippen LogP contribution in [0.5, 0.6) is 5.75 Å². The summed E-state index contributed by atoms with van der Waals surface area (Å²) in [6.07, 6.45) is 3.07. The molecule has 1 aliphatic heterocycles. The Kier molecular flexibility index (Phi) is 3.69. The average Bonchev–Trinajstić information content (AvgIpc) is 2.51. The van der Waals surface area contributed by atoms with Gasteiger partial charge in [-0.25, -0.2) is 0 Å². The van der Waals surface area contributed by atoms with Gasteiger partial charge in [0.1, 0.15) is 11.9 Å². The number of hydrogen-bond donors (Lipinski definition) is 0. The first-order valence-electron chi connectivity index (χ1n) is 6.74. The molecule has 2 aromatic rings. The lowest BCUT2D eigenvalue weighted by molar-refractivity contribution is -0.384. The zero-order chi connectivity index (χ0) is 15.5. The molecule has 0 radical (unpaired) electrons. The molecule has 112 valence electrons. The van der Waals surface area contributed by atoms with Crippen LogP contribution in [0.25, 0.3) is 0 Å². The highest BCUT2D eigenvalue weighted by atomic mass is 16.6. The molecule has 1 aliphatic rings. The molecule has 7 heteroatoms. The molecule has 3 rings (SSSR count). The topological polar surface area (TPSA) is 85.6 Å². The summed E-state index contributed by atoms with van der Waals surface area (Å²) in [6, 6.07) is 9.26. The molecule has 1 amide bonds. The first-order chi connectivity index (χ1) is 10.6. The fraction of sp³-hybridized carbons (Fsp3) is 0.200. The number of likely N-dealkylation sites (tertiary alicyclic amines) is 1. The second-order valence-corrected chi connectivity index (χ2v) is 4.94. The van der Waals surface area contributed by atoms with E-state index in [-0.39, 0.29) is 17.7 Å². The quantitative estimate of drug-likeness (QED) is 0.635. The minimum Gasteiger partial charge on any atom is -0.487 e. The van der Waals surface area contributed by atoms with E-state index in [0.29, 0.717) is 24.4 Å². The summed E-state index contributed by atoms with van der Waals surface area (Å²) in [5.41, 5.74) is 0.624. The zero-order valence-electron chi connectivity index (χ0n) is 11.6. The van der Waals surface area contributed by atoms with Crippen molar-refractivity contribution < 1.29 is 14.5 Å². The Morgan fingerprint density at radius 2 is 1.82 bits per heavy atom. The Bertz CT molecular complexity index is 682. The van der Waals surface area contributed by atoms with Gasteiger partial charge in [-0.1, -0.05) is 0 Å². The number of hydrogen-bond acceptors (Lipinski definition) is 5. The number of nitrogens with zero attached hydrogens (tertiary/aromatic N) is 3. The van der Waals surface area contributed by atoms with Gasteiger partial charge in [0.2, 0.25) is 0 Å². The maximum absolute atomic E-state index is 12.1. The minimum atomic E-state index is -0.456. The Morgan fingerprint density at radius 1 is 1.18 bits per heavy atom. The number of nitro benzene ring substituents is 1. The van der Waals surface area contributed by atoms with Crippen LogP contribution in [0.1, 0.15) is 10.4 Å². The molecule has 0 aliphatic carbocycles. The van der Waals surface area contributed by atoms with Crippen molar-refractivity contribution >= 4 is 11.6 Å². The van der Waals surface area contributed by atoms with Gasteiger partial charge >= 0.3 is 0 Å². The Labute approximate surface area is 126 Å². The number of carbonyl (C=O) groups excluding carboxylic acids is 1. The predicted molar refractivity (Wildman–Crippen MR) is 77.7 cm³/mol. The van der Waals surface area contributed by atoms with Crippen LogP contribution in [0.15, 0.2) is 48.8 Å². The SMILES string of the molecule is O=C(c1ccncc1)N1CC(Oc2ccc([N+](=O)[O-])cc2)C1. The number of amides is 1. The van der Waals surface area contributed by atoms with Crippen molar-refractivity contribution in [1.82, 2.24) is 9.88 Å². The van der Waals surface area contributed by atoms with Gasteiger partial charge in [0.05, 0.1) is 18.0 Å². The van der Waals surface area contributed by atoms with Crippen molar-refractivity contribution in [2.45, 2.75) is 6.10 Å². The van der Waals surface area contributed by atoms with Crippen LogP contribution in [0, 0.1) is 10.1 Å². The smallest absolute Gasteiger partial charge is 0.269 e. The van der Waals surface area contributed by atoms with E-state index in [4.69, 9.17) is 4.74 Å². The van der Waals surface area contributed by atoms with E-state index in [1.165, 1.54) is 12.1 Å². The van der Waals surface area contributed by atoms with Gasteiger partial charge in [0, 0.05) is 30.1 Å². The number of rotatable bonds is 4. The van der Waals surface area contributed by atoms with Gasteiger partial charge in [-0.2, -0.15) is 0 Å². The van der Waals surface area contributed by atoms with Crippen molar-refractivity contribution in [2.24, 2.45) is 0 Å². The number of non-ortho nitro benzene ring substituents is 1. The van der Waals surface area contributed by atoms with E-state index < -0.39 is 4.92 Å². The highest BCUT2D eigenvalue weighted by Crippen LogP contribution is 2.22. The molecular weight excluding hydrogens is 286 g/mol. The molecule has 1 aromatic heterocycles. The summed E-state index contributed by atoms with van der Waals surface area (Å²) in [7, 11) is 0. The van der Waals surface area contributed by atoms with E-state index in [1.807, 2.05) is 0 Å². The van der Waals surface area contributed by atoms with Crippen LogP contribution in [-0.2, 0) is 0 Å². The summed E-state index contributed by atoms with van der Waals surface area (Å²) in [5.74, 6) is 0.512. The summed E-state index contributed by atoms with van der Waals surface area (Å²) in [5, 5.41) is 10.6. The fourth-order valence-corrected chi connectivity index (χ4v) is 2.19. The number of benzene rings is 1. The van der Waals surface area contributed by atoms with Crippen molar-refractivity contribution in [2.75, 3.05) is 13.1 Å². The van der Waals surface area contributed by atoms with Crippen molar-refractivity contribution in [3.8, 4) is 5.75 Å². The van der Waals surface area contributed by atoms with Crippen LogP contribution in [-0.4, -0.2) is 39.9 Å². The third kappa shape index (κ3) is 2.88. The third-order valence-electron chi connectivity index (χ3n) is 3.41. The Balaban J connectivity index is 1.53. The monoisotopic (exact) mass is 299 g/mol. The highest BCUT2D eigenvalue weighted by Gasteiger charge is 2.32. The average molecular weight is 299 g/mol. The summed E-state index contributed by atoms with van der Waals surface area (Å²) < 4.78 is 5.67. The van der Waals surface area contributed by atoms with Crippen LogP contribution < -0.4 is 4.74 Å². The first-order valence-corrected chi connectivity index (χ1v) is 6.74. The maximum atomic E-state index is 12.1. The molecule has 1 aromatic carbocycles. The molecular formula is C15H13N3O4. The maximum Gasteiger partial charge on any atom is 0.269 e. The predicted octanol–water partition coefficient (Wildman–Crippen LogP) is 1.89. The molecule has 2 heterocycles. The third-order valence-corrected chi connectivity index (χ3v) is 3.41. The second kappa shape index (κ2) is 5.80. The molecule has 0 atom stereocenters. The van der Waals surface area contributed by atoms with Gasteiger partial charge < -0.3 is 9.64 Å². The molecule has 0 spiro atoms. The number of ether oxygens (including phenoxy) is 1. The van der Waals surface area contributed by atoms with Gasteiger partial charge in [0.15, 0.2) is 0 Å². The molecule has 22 heavy (non-hydrogen) atoms. The van der Waals surface area contributed by atoms with Gasteiger partial charge in [-0.05, 0) is 24.3 Å². The molecule has 7 nitrogen and oxygen atoms in total. The Hall–Kier alpha value is -2.96. The van der Waals surface area contributed by atoms with Crippen LogP contribution >= 0.6 is 0 Å². The molecule has 1 fully saturated rings. The van der Waals surface area contributed by atoms with Crippen LogP contribution in [0.4, 0.5) is 5.69 Å². The van der Waals surface area contributed by atoms with E-state index in [2.05, 4.69) is 4.98 Å². The molecule has 0 saturated carbocycles. The van der Waals surface area contributed by atoms with Gasteiger partial charge in [0.25, 0.3) is 11.6 Å². The van der Waals surface area contributed by atoms with E-state index in [1.54, 1.807) is 41.6 Å². The fourth-order valence-electron chi connectivity index (χ4n) is 2.19. The van der Waals surface area contributed by atoms with Crippen LogP contribution in [0.2, 0.25) is 0 Å². The molecule has 0 unspecified atom stereocenters. The summed E-state index contributed by atoms with van der Waals surface area (Å²) in [4.78, 5) is 27.8. The number of nitro groups is 1. The number of aromatic nitrogens is 1. The minimum absolute atomic E-state index is 0.0236. The highest BCUT2D eigenvalue weighted by molar-refractivity contribution is 5.94. The largest absolute Gasteiger partial charge is 0.487 e. The molecule has 1 saturated heterocycles. The van der Waals surface area contributed by atoms with Crippen molar-refractivity contribution in [1.29, 1.82) is 0 Å². The first kappa shape index (κ1) is 14.0. The van der Waals surface area contributed by atoms with Crippen molar-refractivity contribution in [3.63, 3.8) is 0 Å². The van der Waals surface area contributed by atoms with Crippen molar-refractivity contribution in [3.05, 3.63) is 64.5 Å².